The van der Waals surface area contributed by atoms with Gasteiger partial charge in [0.05, 0.1) is 6.61 Å². The summed E-state index contributed by atoms with van der Waals surface area (Å²) in [6, 6.07) is 0. The van der Waals surface area contributed by atoms with Crippen LogP contribution in [0.15, 0.2) is 4.99 Å². The number of aliphatic imine (C=N–C) groups is 1. The van der Waals surface area contributed by atoms with E-state index >= 15 is 0 Å². The molecule has 1 rings (SSSR count). The molecule has 1 heterocycles. The van der Waals surface area contributed by atoms with Gasteiger partial charge >= 0.3 is 0 Å². The molecule has 0 radical (unpaired) electrons. The topological polar surface area (TPSA) is 58.1 Å². The Kier molecular flexibility index (Phi) is 15.3. The third-order valence-corrected chi connectivity index (χ3v) is 3.99. The van der Waals surface area contributed by atoms with E-state index in [-0.39, 0.29) is 24.0 Å². The second-order valence-electron chi connectivity index (χ2n) is 5.77. The fourth-order valence-corrected chi connectivity index (χ4v) is 2.60. The lowest BCUT2D eigenvalue weighted by Crippen LogP contribution is -2.39. The summed E-state index contributed by atoms with van der Waals surface area (Å²) >= 11 is 0. The van der Waals surface area contributed by atoms with Gasteiger partial charge < -0.3 is 25.0 Å². The van der Waals surface area contributed by atoms with Gasteiger partial charge in [-0.2, -0.15) is 0 Å². The molecular weight excluding hydrogens is 407 g/mol. The molecule has 0 amide bonds. The molecule has 7 heteroatoms. The molecule has 0 unspecified atom stereocenters. The van der Waals surface area contributed by atoms with Gasteiger partial charge in [-0.25, -0.2) is 0 Å². The van der Waals surface area contributed by atoms with Crippen LogP contribution in [0.2, 0.25) is 0 Å². The van der Waals surface area contributed by atoms with Gasteiger partial charge in [-0.15, -0.1) is 24.0 Å². The van der Waals surface area contributed by atoms with Crippen molar-refractivity contribution in [3.63, 3.8) is 0 Å². The van der Waals surface area contributed by atoms with Crippen LogP contribution in [0.25, 0.3) is 0 Å². The van der Waals surface area contributed by atoms with Gasteiger partial charge in [-0.3, -0.25) is 4.99 Å². The Morgan fingerprint density at radius 1 is 1.13 bits per heavy atom. The molecule has 0 aromatic rings. The van der Waals surface area contributed by atoms with Crippen molar-refractivity contribution in [2.24, 2.45) is 10.9 Å². The van der Waals surface area contributed by atoms with Crippen LogP contribution in [-0.2, 0) is 9.47 Å². The Bertz CT molecular complexity index is 298. The summed E-state index contributed by atoms with van der Waals surface area (Å²) in [6.07, 6.45) is 3.46. The van der Waals surface area contributed by atoms with Crippen molar-refractivity contribution >= 4 is 29.9 Å². The number of hydrogen-bond acceptors (Lipinski definition) is 4. The molecule has 1 aliphatic heterocycles. The van der Waals surface area contributed by atoms with E-state index in [2.05, 4.69) is 22.5 Å². The summed E-state index contributed by atoms with van der Waals surface area (Å²) in [7, 11) is 3.50. The molecule has 0 aromatic heterocycles. The monoisotopic (exact) mass is 442 g/mol. The van der Waals surface area contributed by atoms with Crippen molar-refractivity contribution < 1.29 is 9.47 Å². The Morgan fingerprint density at radius 2 is 1.83 bits per heavy atom. The van der Waals surface area contributed by atoms with E-state index in [0.717, 1.165) is 51.8 Å². The lowest BCUT2D eigenvalue weighted by atomic mass is 9.97. The Labute approximate surface area is 158 Å². The average Bonchev–Trinajstić information content (AvgIpc) is 2.55. The summed E-state index contributed by atoms with van der Waals surface area (Å²) < 4.78 is 10.2. The van der Waals surface area contributed by atoms with Crippen molar-refractivity contribution in [1.29, 1.82) is 0 Å². The highest BCUT2D eigenvalue weighted by atomic mass is 127. The first kappa shape index (κ1) is 22.9. The molecule has 2 N–H and O–H groups in total. The van der Waals surface area contributed by atoms with Crippen molar-refractivity contribution in [2.45, 2.75) is 26.2 Å². The Hall–Kier alpha value is -0.120. The number of halogens is 1. The molecule has 0 bridgehead atoms. The first-order valence-corrected chi connectivity index (χ1v) is 8.52. The third kappa shape index (κ3) is 11.1. The molecule has 138 valence electrons. The number of nitrogens with zero attached hydrogens (tertiary/aromatic N) is 2. The minimum Gasteiger partial charge on any atom is -0.385 e. The Balaban J connectivity index is 0.00000484. The van der Waals surface area contributed by atoms with E-state index in [1.807, 2.05) is 0 Å². The van der Waals surface area contributed by atoms with Crippen LogP contribution >= 0.6 is 24.0 Å². The van der Waals surface area contributed by atoms with Crippen molar-refractivity contribution in [3.8, 4) is 0 Å². The van der Waals surface area contributed by atoms with Crippen LogP contribution in [0, 0.1) is 5.92 Å². The van der Waals surface area contributed by atoms with E-state index in [4.69, 9.17) is 14.5 Å². The number of guanidine groups is 1. The van der Waals surface area contributed by atoms with Gasteiger partial charge in [0.1, 0.15) is 0 Å². The van der Waals surface area contributed by atoms with Gasteiger partial charge in [-0.1, -0.05) is 0 Å². The van der Waals surface area contributed by atoms with Crippen molar-refractivity contribution in [2.75, 3.05) is 66.7 Å². The normalized spacial score (nSPS) is 16.9. The molecule has 0 aromatic carbocycles. The summed E-state index contributed by atoms with van der Waals surface area (Å²) in [5.41, 5.74) is 0. The molecule has 1 aliphatic rings. The van der Waals surface area contributed by atoms with E-state index in [0.29, 0.717) is 5.92 Å². The quantitative estimate of drug-likeness (QED) is 0.233. The lowest BCUT2D eigenvalue weighted by molar-refractivity contribution is 0.121. The average molecular weight is 442 g/mol. The highest BCUT2D eigenvalue weighted by molar-refractivity contribution is 14.0. The molecule has 0 spiro atoms. The standard InChI is InChI=1S/C16H34N4O2.HI/c1-4-17-16(18-8-5-12-21-2)19-14-15-6-9-20(10-7-15)11-13-22-3;/h15H,4-14H2,1-3H3,(H2,17,18,19);1H. The molecule has 23 heavy (non-hydrogen) atoms. The number of likely N-dealkylation sites (tertiary alicyclic amines) is 1. The minimum atomic E-state index is 0. The summed E-state index contributed by atoms with van der Waals surface area (Å²) in [5, 5.41) is 6.67. The molecular formula is C16H35IN4O2. The number of piperidine rings is 1. The van der Waals surface area contributed by atoms with E-state index in [1.54, 1.807) is 14.2 Å². The predicted octanol–water partition coefficient (Wildman–Crippen LogP) is 1.55. The first-order valence-electron chi connectivity index (χ1n) is 8.52. The number of methoxy groups -OCH3 is 2. The summed E-state index contributed by atoms with van der Waals surface area (Å²) in [4.78, 5) is 7.22. The lowest BCUT2D eigenvalue weighted by Gasteiger charge is -2.31. The van der Waals surface area contributed by atoms with Gasteiger partial charge in [-0.05, 0) is 45.2 Å². The maximum atomic E-state index is 5.14. The Morgan fingerprint density at radius 3 is 2.43 bits per heavy atom. The zero-order valence-corrected chi connectivity index (χ0v) is 17.3. The molecule has 6 nitrogen and oxygen atoms in total. The smallest absolute Gasteiger partial charge is 0.191 e. The predicted molar refractivity (Wildman–Crippen MR) is 107 cm³/mol. The van der Waals surface area contributed by atoms with Crippen LogP contribution in [0.3, 0.4) is 0 Å². The fourth-order valence-electron chi connectivity index (χ4n) is 2.60. The SMILES string of the molecule is CCNC(=NCC1CCN(CCOC)CC1)NCCCOC.I. The highest BCUT2D eigenvalue weighted by Crippen LogP contribution is 2.17. The molecule has 0 aliphatic carbocycles. The van der Waals surface area contributed by atoms with Crippen molar-refractivity contribution in [3.05, 3.63) is 0 Å². The molecule has 1 saturated heterocycles. The third-order valence-electron chi connectivity index (χ3n) is 3.99. The first-order chi connectivity index (χ1) is 10.8. The fraction of sp³-hybridized carbons (Fsp3) is 0.938. The van der Waals surface area contributed by atoms with Crippen LogP contribution in [0.4, 0.5) is 0 Å². The zero-order valence-electron chi connectivity index (χ0n) is 15.0. The van der Waals surface area contributed by atoms with E-state index in [1.165, 1.54) is 25.9 Å². The number of ether oxygens (including phenoxy) is 2. The maximum Gasteiger partial charge on any atom is 0.191 e. The summed E-state index contributed by atoms with van der Waals surface area (Å²) in [6.45, 7) is 9.81. The number of hydrogen-bond donors (Lipinski definition) is 2. The van der Waals surface area contributed by atoms with Gasteiger partial charge in [0, 0.05) is 47.0 Å². The number of rotatable bonds is 10. The minimum absolute atomic E-state index is 0. The zero-order chi connectivity index (χ0) is 16.0. The van der Waals surface area contributed by atoms with Gasteiger partial charge in [0.25, 0.3) is 0 Å². The second kappa shape index (κ2) is 15.4. The van der Waals surface area contributed by atoms with E-state index in [9.17, 15) is 0 Å². The molecule has 0 atom stereocenters. The van der Waals surface area contributed by atoms with Gasteiger partial charge in [0.2, 0.25) is 0 Å². The second-order valence-corrected chi connectivity index (χ2v) is 5.77. The number of nitrogens with one attached hydrogen (secondary N) is 2. The highest BCUT2D eigenvalue weighted by Gasteiger charge is 2.18. The van der Waals surface area contributed by atoms with Crippen molar-refractivity contribution in [1.82, 2.24) is 15.5 Å². The van der Waals surface area contributed by atoms with Crippen LogP contribution < -0.4 is 10.6 Å². The van der Waals surface area contributed by atoms with Gasteiger partial charge in [0.15, 0.2) is 5.96 Å². The largest absolute Gasteiger partial charge is 0.385 e. The molecule has 0 saturated carbocycles. The van der Waals surface area contributed by atoms with Crippen LogP contribution in [-0.4, -0.2) is 77.6 Å². The van der Waals surface area contributed by atoms with Crippen LogP contribution in [0.5, 0.6) is 0 Å². The molecule has 1 fully saturated rings. The maximum absolute atomic E-state index is 5.14. The van der Waals surface area contributed by atoms with E-state index < -0.39 is 0 Å². The summed E-state index contributed by atoms with van der Waals surface area (Å²) in [5.74, 6) is 1.63. The van der Waals surface area contributed by atoms with Crippen LogP contribution in [0.1, 0.15) is 26.2 Å².